The summed E-state index contributed by atoms with van der Waals surface area (Å²) >= 11 is 0. The van der Waals surface area contributed by atoms with Crippen LogP contribution in [0, 0.1) is 34.5 Å². The molecule has 7 rings (SSSR count). The molecule has 1 spiro atoms. The molecule has 4 N–H and O–H groups in total. The third kappa shape index (κ3) is 3.24. The van der Waals surface area contributed by atoms with Gasteiger partial charge in [-0.1, -0.05) is 25.1 Å². The quantitative estimate of drug-likeness (QED) is 0.300. The molecule has 1 aliphatic heterocycles. The molecule has 6 fully saturated rings. The van der Waals surface area contributed by atoms with Crippen LogP contribution in [-0.4, -0.2) is 133 Å². The molecule has 11 heteroatoms. The molecule has 1 aromatic carbocycles. The number of rotatable bonds is 8. The number of piperidine rings is 1. The molecule has 15 atom stereocenters. The number of benzene rings is 1. The third-order valence-electron chi connectivity index (χ3n) is 12.9. The lowest BCUT2D eigenvalue weighted by atomic mass is 9.42. The molecule has 0 amide bonds. The second-order valence-electron chi connectivity index (χ2n) is 13.8. The Kier molecular flexibility index (Phi) is 6.92. The van der Waals surface area contributed by atoms with Gasteiger partial charge in [-0.05, 0) is 31.0 Å². The third-order valence-corrected chi connectivity index (χ3v) is 12.9. The lowest BCUT2D eigenvalue weighted by molar-refractivity contribution is -0.325. The number of hydrogen-bond acceptors (Lipinski definition) is 11. The Hall–Kier alpha value is -1.67. The van der Waals surface area contributed by atoms with Crippen molar-refractivity contribution in [2.24, 2.45) is 34.5 Å². The van der Waals surface area contributed by atoms with Crippen LogP contribution < -0.4 is 0 Å². The molecular weight excluding hydrogens is 558 g/mol. The molecule has 0 radical (unpaired) electrons. The fourth-order valence-corrected chi connectivity index (χ4v) is 12.0. The van der Waals surface area contributed by atoms with E-state index in [1.54, 1.807) is 44.6 Å². The Balaban J connectivity index is 1.49. The van der Waals surface area contributed by atoms with Crippen LogP contribution in [0.15, 0.2) is 30.3 Å². The molecule has 10 unspecified atom stereocenters. The fraction of sp³-hybridized carbons (Fsp3) is 0.781. The van der Waals surface area contributed by atoms with Crippen LogP contribution in [0.2, 0.25) is 0 Å². The summed E-state index contributed by atoms with van der Waals surface area (Å²) in [5, 5.41) is 49.3. The number of carbonyl (C=O) groups excluding carboxylic acids is 1. The van der Waals surface area contributed by atoms with Crippen molar-refractivity contribution in [3.63, 3.8) is 0 Å². The van der Waals surface area contributed by atoms with Gasteiger partial charge in [-0.3, -0.25) is 4.90 Å². The summed E-state index contributed by atoms with van der Waals surface area (Å²) in [6.45, 7) is 3.39. The molecule has 238 valence electrons. The normalized spacial score (nSPS) is 52.7. The molecule has 5 aliphatic carbocycles. The van der Waals surface area contributed by atoms with Crippen molar-refractivity contribution in [2.45, 2.75) is 73.6 Å². The van der Waals surface area contributed by atoms with Crippen LogP contribution in [0.25, 0.3) is 0 Å². The SMILES string of the molecule is CCN1CC2(COC)C3C(O)C4C1C3(C1CC3(O)[C@H](OC(=O)c5ccccc5)C1[C@]4(OC)C(O)[C@@H]3OC)[C@@H](OC)C[C@H]2O. The van der Waals surface area contributed by atoms with E-state index in [0.29, 0.717) is 25.1 Å². The molecule has 11 nitrogen and oxygen atoms in total. The standard InChI is InChI=1S/C32H45NO10/c1-6-33-14-29(15-39-2)18(34)12-19(40-3)31-17-13-30(38)26(43-28(37)16-10-8-7-9-11-16)20(17)32(42-5,25(36)27(30)41-4)21(24(31)33)22(35)23(29)31/h7-11,17-27,34-36,38H,6,12-15H2,1-5H3/t17?,18-,19+,20?,21?,22?,23?,24?,25?,26-,27+,29?,30?,31?,32-/m1/s1. The van der Waals surface area contributed by atoms with Gasteiger partial charge in [0.1, 0.15) is 29.5 Å². The average Bonchev–Trinajstić information content (AvgIpc) is 3.36. The highest BCUT2D eigenvalue weighted by molar-refractivity contribution is 5.89. The van der Waals surface area contributed by atoms with Gasteiger partial charge in [0.25, 0.3) is 0 Å². The number of fused-ring (bicyclic) bond motifs is 2. The topological polar surface area (TPSA) is 147 Å². The van der Waals surface area contributed by atoms with Crippen molar-refractivity contribution in [1.29, 1.82) is 0 Å². The minimum Gasteiger partial charge on any atom is -0.455 e. The highest BCUT2D eigenvalue weighted by Gasteiger charge is 2.91. The zero-order chi connectivity index (χ0) is 30.7. The summed E-state index contributed by atoms with van der Waals surface area (Å²) in [4.78, 5) is 15.9. The van der Waals surface area contributed by atoms with Gasteiger partial charge < -0.3 is 44.1 Å². The lowest BCUT2D eigenvalue weighted by Crippen LogP contribution is -2.81. The van der Waals surface area contributed by atoms with Crippen molar-refractivity contribution >= 4 is 5.97 Å². The molecular formula is C32H45NO10. The zero-order valence-corrected chi connectivity index (χ0v) is 25.5. The summed E-state index contributed by atoms with van der Waals surface area (Å²) in [6, 6.07) is 8.31. The smallest absolute Gasteiger partial charge is 0.338 e. The monoisotopic (exact) mass is 603 g/mol. The van der Waals surface area contributed by atoms with Gasteiger partial charge in [0.15, 0.2) is 0 Å². The van der Waals surface area contributed by atoms with Crippen molar-refractivity contribution in [2.75, 3.05) is 48.1 Å². The van der Waals surface area contributed by atoms with E-state index in [1.807, 2.05) is 0 Å². The maximum Gasteiger partial charge on any atom is 0.338 e. The summed E-state index contributed by atoms with van der Waals surface area (Å²) in [7, 11) is 6.19. The number of ether oxygens (including phenoxy) is 5. The highest BCUT2D eigenvalue weighted by Crippen LogP contribution is 2.80. The van der Waals surface area contributed by atoms with Crippen LogP contribution in [0.3, 0.4) is 0 Å². The number of aliphatic hydroxyl groups excluding tert-OH is 3. The molecule has 1 heterocycles. The maximum absolute atomic E-state index is 13.6. The van der Waals surface area contributed by atoms with Gasteiger partial charge in [-0.15, -0.1) is 0 Å². The number of methoxy groups -OCH3 is 4. The Labute approximate surface area is 252 Å². The first-order valence-corrected chi connectivity index (χ1v) is 15.5. The van der Waals surface area contributed by atoms with Crippen molar-refractivity contribution in [3.05, 3.63) is 35.9 Å². The number of esters is 1. The molecule has 0 aromatic heterocycles. The number of carbonyl (C=O) groups is 1. The molecule has 1 saturated heterocycles. The first-order valence-electron chi connectivity index (χ1n) is 15.5. The Morgan fingerprint density at radius 2 is 1.74 bits per heavy atom. The zero-order valence-electron chi connectivity index (χ0n) is 25.5. The minimum absolute atomic E-state index is 0.133. The van der Waals surface area contributed by atoms with Gasteiger partial charge in [-0.25, -0.2) is 4.79 Å². The fourth-order valence-electron chi connectivity index (χ4n) is 12.0. The predicted octanol–water partition coefficient (Wildman–Crippen LogP) is 0.0773. The van der Waals surface area contributed by atoms with Gasteiger partial charge in [0, 0.05) is 76.0 Å². The van der Waals surface area contributed by atoms with Gasteiger partial charge >= 0.3 is 5.97 Å². The average molecular weight is 604 g/mol. The molecule has 7 bridgehead atoms. The first kappa shape index (κ1) is 30.0. The molecule has 43 heavy (non-hydrogen) atoms. The Morgan fingerprint density at radius 1 is 1.02 bits per heavy atom. The summed E-state index contributed by atoms with van der Waals surface area (Å²) in [5.74, 6) is -2.87. The van der Waals surface area contributed by atoms with Crippen molar-refractivity contribution in [1.82, 2.24) is 4.90 Å². The van der Waals surface area contributed by atoms with Gasteiger partial charge in [0.05, 0.1) is 30.5 Å². The van der Waals surface area contributed by atoms with E-state index in [-0.39, 0.29) is 19.1 Å². The number of likely N-dealkylation sites (tertiary alicyclic amines) is 1. The largest absolute Gasteiger partial charge is 0.455 e. The second kappa shape index (κ2) is 9.91. The number of nitrogens with zero attached hydrogens (tertiary/aromatic N) is 1. The van der Waals surface area contributed by atoms with E-state index >= 15 is 0 Å². The first-order chi connectivity index (χ1) is 20.6. The Morgan fingerprint density at radius 3 is 2.35 bits per heavy atom. The molecule has 1 aromatic rings. The van der Waals surface area contributed by atoms with Crippen LogP contribution >= 0.6 is 0 Å². The summed E-state index contributed by atoms with van der Waals surface area (Å²) < 4.78 is 30.7. The minimum atomic E-state index is -1.75. The Bertz CT molecular complexity index is 1250. The van der Waals surface area contributed by atoms with Crippen molar-refractivity contribution in [3.8, 4) is 0 Å². The summed E-state index contributed by atoms with van der Waals surface area (Å²) in [5.41, 5.74) is -4.46. The van der Waals surface area contributed by atoms with E-state index in [0.717, 1.165) is 0 Å². The second-order valence-corrected chi connectivity index (χ2v) is 13.8. The van der Waals surface area contributed by atoms with E-state index in [4.69, 9.17) is 23.7 Å². The van der Waals surface area contributed by atoms with E-state index in [1.165, 1.54) is 14.2 Å². The molecule has 6 aliphatic rings. The van der Waals surface area contributed by atoms with Crippen LogP contribution in [0.5, 0.6) is 0 Å². The number of aliphatic hydroxyl groups is 4. The maximum atomic E-state index is 13.6. The van der Waals surface area contributed by atoms with Crippen molar-refractivity contribution < 1.29 is 48.9 Å². The van der Waals surface area contributed by atoms with Gasteiger partial charge in [-0.2, -0.15) is 0 Å². The van der Waals surface area contributed by atoms with E-state index in [2.05, 4.69) is 11.8 Å². The lowest BCUT2D eigenvalue weighted by Gasteiger charge is -2.70. The predicted molar refractivity (Wildman–Crippen MR) is 151 cm³/mol. The van der Waals surface area contributed by atoms with E-state index < -0.39 is 88.3 Å². The van der Waals surface area contributed by atoms with Gasteiger partial charge in [0.2, 0.25) is 0 Å². The van der Waals surface area contributed by atoms with E-state index in [9.17, 15) is 25.2 Å². The van der Waals surface area contributed by atoms with Crippen LogP contribution in [-0.2, 0) is 23.7 Å². The van der Waals surface area contributed by atoms with Crippen LogP contribution in [0.1, 0.15) is 30.1 Å². The molecule has 5 saturated carbocycles. The number of hydrogen-bond donors (Lipinski definition) is 4. The van der Waals surface area contributed by atoms with Crippen LogP contribution in [0.4, 0.5) is 0 Å². The summed E-state index contributed by atoms with van der Waals surface area (Å²) in [6.07, 6.45) is -5.45. The highest BCUT2D eigenvalue weighted by atomic mass is 16.6.